The first-order chi connectivity index (χ1) is 7.74. The van der Waals surface area contributed by atoms with Gasteiger partial charge in [0.05, 0.1) is 7.11 Å². The van der Waals surface area contributed by atoms with Gasteiger partial charge in [-0.15, -0.1) is 0 Å². The van der Waals surface area contributed by atoms with E-state index >= 15 is 0 Å². The van der Waals surface area contributed by atoms with Crippen molar-refractivity contribution in [2.75, 3.05) is 7.11 Å². The topological polar surface area (TPSA) is 50.4 Å². The Labute approximate surface area is 99.1 Å². The number of hydrogen-bond acceptors (Lipinski definition) is 3. The van der Waals surface area contributed by atoms with E-state index in [4.69, 9.17) is 0 Å². The third kappa shape index (κ3) is 8.53. The van der Waals surface area contributed by atoms with E-state index in [0.29, 0.717) is 6.04 Å². The number of ether oxygens (including phenoxy) is 1. The normalized spacial score (nSPS) is 12.2. The van der Waals surface area contributed by atoms with E-state index in [1.807, 2.05) is 0 Å². The lowest BCUT2D eigenvalue weighted by Gasteiger charge is -2.16. The summed E-state index contributed by atoms with van der Waals surface area (Å²) in [6, 6.07) is 0.348. The van der Waals surface area contributed by atoms with Crippen molar-refractivity contribution >= 4 is 6.09 Å². The third-order valence-electron chi connectivity index (χ3n) is 2.71. The Morgan fingerprint density at radius 2 is 1.88 bits per heavy atom. The summed E-state index contributed by atoms with van der Waals surface area (Å²) in [5.41, 5.74) is 5.51. The molecule has 0 fully saturated rings. The molecule has 96 valence electrons. The zero-order chi connectivity index (χ0) is 12.2. The maximum Gasteiger partial charge on any atom is 0.421 e. The van der Waals surface area contributed by atoms with E-state index < -0.39 is 6.09 Å². The Kier molecular flexibility index (Phi) is 10.2. The Hall–Kier alpha value is -0.770. The number of methoxy groups -OCH3 is 1. The van der Waals surface area contributed by atoms with Crippen molar-refractivity contribution in [3.63, 3.8) is 0 Å². The predicted molar refractivity (Wildman–Crippen MR) is 66.1 cm³/mol. The predicted octanol–water partition coefficient (Wildman–Crippen LogP) is 2.99. The van der Waals surface area contributed by atoms with E-state index in [1.165, 1.54) is 39.2 Å². The highest BCUT2D eigenvalue weighted by Crippen LogP contribution is 2.08. The molecule has 0 spiro atoms. The molecule has 0 heterocycles. The van der Waals surface area contributed by atoms with Crippen molar-refractivity contribution in [2.24, 2.45) is 0 Å². The summed E-state index contributed by atoms with van der Waals surface area (Å²) >= 11 is 0. The fourth-order valence-electron chi connectivity index (χ4n) is 1.58. The first kappa shape index (κ1) is 15.2. The maximum absolute atomic E-state index is 10.9. The highest BCUT2D eigenvalue weighted by atomic mass is 16.5. The van der Waals surface area contributed by atoms with Gasteiger partial charge in [0.25, 0.3) is 0 Å². The fraction of sp³-hybridized carbons (Fsp3) is 0.917. The minimum absolute atomic E-state index is 0.348. The summed E-state index contributed by atoms with van der Waals surface area (Å²) in [5.74, 6) is 0. The second kappa shape index (κ2) is 10.7. The molecule has 0 bridgehead atoms. The minimum Gasteiger partial charge on any atom is -0.452 e. The molecule has 2 N–H and O–H groups in total. The van der Waals surface area contributed by atoms with Crippen LogP contribution in [0.2, 0.25) is 0 Å². The zero-order valence-electron chi connectivity index (χ0n) is 10.8. The van der Waals surface area contributed by atoms with E-state index in [2.05, 4.69) is 29.4 Å². The summed E-state index contributed by atoms with van der Waals surface area (Å²) in [4.78, 5) is 10.9. The first-order valence-electron chi connectivity index (χ1n) is 6.34. The lowest BCUT2D eigenvalue weighted by Crippen LogP contribution is -2.44. The van der Waals surface area contributed by atoms with Gasteiger partial charge in [-0.05, 0) is 12.8 Å². The highest BCUT2D eigenvalue weighted by Gasteiger charge is 2.06. The number of rotatable bonds is 9. The summed E-state index contributed by atoms with van der Waals surface area (Å²) in [7, 11) is 1.36. The molecule has 0 aromatic carbocycles. The molecule has 0 saturated carbocycles. The molecule has 4 nitrogen and oxygen atoms in total. The number of carbonyl (C=O) groups excluding carboxylic acids is 1. The van der Waals surface area contributed by atoms with Gasteiger partial charge in [0, 0.05) is 6.04 Å². The molecular weight excluding hydrogens is 204 g/mol. The number of carbonyl (C=O) groups is 1. The smallest absolute Gasteiger partial charge is 0.421 e. The lowest BCUT2D eigenvalue weighted by atomic mass is 10.1. The van der Waals surface area contributed by atoms with Crippen molar-refractivity contribution in [1.29, 1.82) is 0 Å². The number of amides is 1. The molecule has 0 aromatic rings. The molecular formula is C12H26N2O2. The van der Waals surface area contributed by atoms with Crippen molar-refractivity contribution in [2.45, 2.75) is 64.8 Å². The zero-order valence-corrected chi connectivity index (χ0v) is 10.8. The average molecular weight is 230 g/mol. The quantitative estimate of drug-likeness (QED) is 0.473. The van der Waals surface area contributed by atoms with Crippen molar-refractivity contribution < 1.29 is 9.53 Å². The van der Waals surface area contributed by atoms with E-state index in [1.54, 1.807) is 0 Å². The number of unbranched alkanes of at least 4 members (excludes halogenated alkanes) is 4. The van der Waals surface area contributed by atoms with Gasteiger partial charge in [0.1, 0.15) is 0 Å². The number of hydrogen-bond donors (Lipinski definition) is 2. The van der Waals surface area contributed by atoms with Gasteiger partial charge in [-0.3, -0.25) is 5.43 Å². The molecule has 1 unspecified atom stereocenters. The second-order valence-corrected chi connectivity index (χ2v) is 4.07. The maximum atomic E-state index is 10.9. The largest absolute Gasteiger partial charge is 0.452 e. The van der Waals surface area contributed by atoms with Crippen LogP contribution in [0.3, 0.4) is 0 Å². The standard InChI is InChI=1S/C12H26N2O2/c1-4-6-7-8-9-10-11(5-2)13-14-12(15)16-3/h11,13H,4-10H2,1-3H3,(H,14,15). The van der Waals surface area contributed by atoms with Crippen LogP contribution in [-0.2, 0) is 4.74 Å². The lowest BCUT2D eigenvalue weighted by molar-refractivity contribution is 0.162. The molecule has 0 radical (unpaired) electrons. The molecule has 0 saturated heterocycles. The molecule has 0 aliphatic heterocycles. The molecule has 0 rings (SSSR count). The molecule has 1 amide bonds. The SMILES string of the molecule is CCCCCCCC(CC)NNC(=O)OC. The van der Waals surface area contributed by atoms with E-state index in [0.717, 1.165) is 12.8 Å². The molecule has 0 aliphatic carbocycles. The van der Waals surface area contributed by atoms with Gasteiger partial charge in [-0.1, -0.05) is 46.0 Å². The monoisotopic (exact) mass is 230 g/mol. The van der Waals surface area contributed by atoms with Crippen LogP contribution in [-0.4, -0.2) is 19.2 Å². The Balaban J connectivity index is 3.47. The van der Waals surface area contributed by atoms with Crippen LogP contribution in [0.1, 0.15) is 58.8 Å². The van der Waals surface area contributed by atoms with E-state index in [-0.39, 0.29) is 0 Å². The Morgan fingerprint density at radius 1 is 1.19 bits per heavy atom. The molecule has 4 heteroatoms. The van der Waals surface area contributed by atoms with Gasteiger partial charge < -0.3 is 4.74 Å². The van der Waals surface area contributed by atoms with Crippen LogP contribution in [0.25, 0.3) is 0 Å². The van der Waals surface area contributed by atoms with Gasteiger partial charge in [-0.25, -0.2) is 10.2 Å². The van der Waals surface area contributed by atoms with Gasteiger partial charge in [0.15, 0.2) is 0 Å². The number of nitrogens with one attached hydrogen (secondary N) is 2. The summed E-state index contributed by atoms with van der Waals surface area (Å²) in [6.45, 7) is 4.33. The Morgan fingerprint density at radius 3 is 2.44 bits per heavy atom. The van der Waals surface area contributed by atoms with Crippen LogP contribution in [0.4, 0.5) is 4.79 Å². The molecule has 0 aromatic heterocycles. The summed E-state index contributed by atoms with van der Waals surface area (Å²) in [5, 5.41) is 0. The second-order valence-electron chi connectivity index (χ2n) is 4.07. The molecule has 1 atom stereocenters. The molecule has 0 aliphatic rings. The molecule has 16 heavy (non-hydrogen) atoms. The van der Waals surface area contributed by atoms with E-state index in [9.17, 15) is 4.79 Å². The van der Waals surface area contributed by atoms with Gasteiger partial charge in [0.2, 0.25) is 0 Å². The van der Waals surface area contributed by atoms with Crippen LogP contribution in [0.15, 0.2) is 0 Å². The van der Waals surface area contributed by atoms with Crippen LogP contribution in [0, 0.1) is 0 Å². The highest BCUT2D eigenvalue weighted by molar-refractivity contribution is 5.66. The fourth-order valence-corrected chi connectivity index (χ4v) is 1.58. The average Bonchev–Trinajstić information content (AvgIpc) is 2.32. The van der Waals surface area contributed by atoms with Crippen molar-refractivity contribution in [1.82, 2.24) is 10.9 Å². The van der Waals surface area contributed by atoms with Crippen LogP contribution < -0.4 is 10.9 Å². The summed E-state index contributed by atoms with van der Waals surface area (Å²) < 4.78 is 4.49. The number of hydrazine groups is 1. The van der Waals surface area contributed by atoms with Crippen molar-refractivity contribution in [3.8, 4) is 0 Å². The van der Waals surface area contributed by atoms with Gasteiger partial charge >= 0.3 is 6.09 Å². The summed E-state index contributed by atoms with van der Waals surface area (Å²) in [6.07, 6.45) is 8.10. The Bertz CT molecular complexity index is 174. The van der Waals surface area contributed by atoms with Crippen molar-refractivity contribution in [3.05, 3.63) is 0 Å². The third-order valence-corrected chi connectivity index (χ3v) is 2.71. The van der Waals surface area contributed by atoms with Crippen LogP contribution in [0.5, 0.6) is 0 Å². The van der Waals surface area contributed by atoms with Gasteiger partial charge in [-0.2, -0.15) is 0 Å². The van der Waals surface area contributed by atoms with Crippen LogP contribution >= 0.6 is 0 Å². The minimum atomic E-state index is -0.426. The first-order valence-corrected chi connectivity index (χ1v) is 6.34.